The molecule has 0 aliphatic carbocycles. The van der Waals surface area contributed by atoms with E-state index >= 15 is 0 Å². The Labute approximate surface area is 194 Å². The summed E-state index contributed by atoms with van der Waals surface area (Å²) < 4.78 is 0. The Hall–Kier alpha value is -3.77. The van der Waals surface area contributed by atoms with Crippen LogP contribution in [0.3, 0.4) is 0 Å². The maximum atomic E-state index is 8.81. The summed E-state index contributed by atoms with van der Waals surface area (Å²) in [6.07, 6.45) is 5.99. The molecule has 2 aromatic carbocycles. The first-order valence-electron chi connectivity index (χ1n) is 11.1. The summed E-state index contributed by atoms with van der Waals surface area (Å²) in [7, 11) is 0. The van der Waals surface area contributed by atoms with Crippen molar-refractivity contribution in [2.75, 3.05) is 11.9 Å². The molecule has 3 N–H and O–H groups in total. The number of aromatic nitrogens is 2. The molecule has 0 spiro atoms. The number of nitrogens with one attached hydrogen (secondary N) is 2. The van der Waals surface area contributed by atoms with E-state index in [2.05, 4.69) is 79.6 Å². The number of aryl methyl sites for hydroxylation is 1. The van der Waals surface area contributed by atoms with Gasteiger partial charge in [0.15, 0.2) is 0 Å². The molecular weight excluding hydrogens is 412 g/mol. The lowest BCUT2D eigenvalue weighted by Gasteiger charge is -2.14. The molecular formula is C27H30N4O2. The number of hydroxylamine groups is 1. The number of nitrogens with zero attached hydrogens (tertiary/aromatic N) is 2. The quantitative estimate of drug-likeness (QED) is 0.192. The third-order valence-electron chi connectivity index (χ3n) is 5.53. The monoisotopic (exact) mass is 442 g/mol. The van der Waals surface area contributed by atoms with Crippen molar-refractivity contribution in [1.82, 2.24) is 15.4 Å². The Balaban J connectivity index is 0.000000709. The van der Waals surface area contributed by atoms with Crippen molar-refractivity contribution in [1.29, 1.82) is 0 Å². The number of carbonyl (C=O) groups excluding carboxylic acids is 1. The summed E-state index contributed by atoms with van der Waals surface area (Å²) in [6.45, 7) is 7.55. The van der Waals surface area contributed by atoms with Gasteiger partial charge in [-0.1, -0.05) is 50.2 Å². The van der Waals surface area contributed by atoms with Crippen molar-refractivity contribution in [3.05, 3.63) is 78.1 Å². The summed E-state index contributed by atoms with van der Waals surface area (Å²) in [5, 5.41) is 11.8. The van der Waals surface area contributed by atoms with E-state index in [0.717, 1.165) is 41.5 Å². The number of fused-ring (bicyclic) bond motifs is 1. The van der Waals surface area contributed by atoms with Crippen LogP contribution in [0.15, 0.2) is 67.0 Å². The average Bonchev–Trinajstić information content (AvgIpc) is 2.88. The predicted octanol–water partition coefficient (Wildman–Crippen LogP) is 5.78. The van der Waals surface area contributed by atoms with Gasteiger partial charge >= 0.3 is 0 Å². The second kappa shape index (κ2) is 11.7. The Bertz CT molecular complexity index is 1190. The van der Waals surface area contributed by atoms with Crippen molar-refractivity contribution in [3.8, 4) is 22.4 Å². The molecule has 0 saturated carbocycles. The first-order valence-corrected chi connectivity index (χ1v) is 11.1. The van der Waals surface area contributed by atoms with Gasteiger partial charge in [0.05, 0.1) is 11.2 Å². The third kappa shape index (κ3) is 5.73. The summed E-state index contributed by atoms with van der Waals surface area (Å²) >= 11 is 0. The minimum absolute atomic E-state index is 0.181. The van der Waals surface area contributed by atoms with Gasteiger partial charge in [0.1, 0.15) is 0 Å². The fourth-order valence-corrected chi connectivity index (χ4v) is 3.84. The van der Waals surface area contributed by atoms with Gasteiger partial charge in [-0.05, 0) is 60.2 Å². The van der Waals surface area contributed by atoms with Crippen LogP contribution in [-0.2, 0) is 11.2 Å². The standard InChI is InChI=1S/C26H27N3.CH3NO2/c1-4-15-28-22-12-10-20(11-13-22)19-6-8-21(9-7-19)26-23(5-2)18(3)24-17-27-16-14-25(24)29-26;3-1-2-4/h6-14,16-17,28H,4-5,15H2,1-3H3;1,4H,(H,2,3). The van der Waals surface area contributed by atoms with Gasteiger partial charge in [-0.3, -0.25) is 15.0 Å². The Morgan fingerprint density at radius 1 is 0.939 bits per heavy atom. The zero-order valence-corrected chi connectivity index (χ0v) is 19.3. The van der Waals surface area contributed by atoms with Crippen molar-refractivity contribution in [3.63, 3.8) is 0 Å². The topological polar surface area (TPSA) is 87.1 Å². The minimum Gasteiger partial charge on any atom is -0.385 e. The SMILES string of the molecule is CCCNc1ccc(-c2ccc(-c3nc4ccncc4c(C)c3CC)cc2)cc1.O=CNO. The zero-order chi connectivity index (χ0) is 23.6. The van der Waals surface area contributed by atoms with E-state index in [1.165, 1.54) is 33.4 Å². The van der Waals surface area contributed by atoms with E-state index in [9.17, 15) is 0 Å². The molecule has 0 aliphatic rings. The highest BCUT2D eigenvalue weighted by Crippen LogP contribution is 2.31. The molecule has 33 heavy (non-hydrogen) atoms. The van der Waals surface area contributed by atoms with Crippen LogP contribution in [0.25, 0.3) is 33.3 Å². The van der Waals surface area contributed by atoms with Gasteiger partial charge in [-0.25, -0.2) is 10.5 Å². The summed E-state index contributed by atoms with van der Waals surface area (Å²) in [5.74, 6) is 0. The number of amides is 1. The second-order valence-corrected chi connectivity index (χ2v) is 7.64. The first-order chi connectivity index (χ1) is 16.1. The zero-order valence-electron chi connectivity index (χ0n) is 19.3. The third-order valence-corrected chi connectivity index (χ3v) is 5.53. The van der Waals surface area contributed by atoms with Crippen molar-refractivity contribution in [2.24, 2.45) is 0 Å². The van der Waals surface area contributed by atoms with Gasteiger partial charge in [-0.2, -0.15) is 0 Å². The molecule has 4 rings (SSSR count). The Morgan fingerprint density at radius 2 is 1.55 bits per heavy atom. The molecule has 0 fully saturated rings. The molecule has 1 amide bonds. The normalized spacial score (nSPS) is 10.3. The molecule has 0 atom stereocenters. The van der Waals surface area contributed by atoms with E-state index in [-0.39, 0.29) is 6.41 Å². The Morgan fingerprint density at radius 3 is 2.12 bits per heavy atom. The number of benzene rings is 2. The van der Waals surface area contributed by atoms with Crippen LogP contribution in [0, 0.1) is 6.92 Å². The van der Waals surface area contributed by atoms with Gasteiger partial charge in [0, 0.05) is 35.6 Å². The molecule has 0 saturated heterocycles. The van der Waals surface area contributed by atoms with Crippen LogP contribution >= 0.6 is 0 Å². The number of anilines is 1. The molecule has 0 radical (unpaired) electrons. The van der Waals surface area contributed by atoms with Gasteiger partial charge in [0.2, 0.25) is 6.41 Å². The lowest BCUT2D eigenvalue weighted by atomic mass is 9.95. The smallest absolute Gasteiger partial charge is 0.230 e. The fraction of sp³-hybridized carbons (Fsp3) is 0.222. The van der Waals surface area contributed by atoms with Crippen LogP contribution < -0.4 is 10.8 Å². The second-order valence-electron chi connectivity index (χ2n) is 7.64. The molecule has 0 aliphatic heterocycles. The molecule has 0 bridgehead atoms. The van der Waals surface area contributed by atoms with Crippen molar-refractivity contribution >= 4 is 23.0 Å². The average molecular weight is 443 g/mol. The molecule has 0 unspecified atom stereocenters. The molecule has 2 aromatic heterocycles. The first kappa shape index (κ1) is 23.9. The van der Waals surface area contributed by atoms with Gasteiger partial charge in [-0.15, -0.1) is 0 Å². The number of pyridine rings is 2. The van der Waals surface area contributed by atoms with Crippen LogP contribution in [-0.4, -0.2) is 28.1 Å². The molecule has 2 heterocycles. The number of rotatable bonds is 7. The van der Waals surface area contributed by atoms with Crippen LogP contribution in [0.2, 0.25) is 0 Å². The van der Waals surface area contributed by atoms with E-state index in [1.54, 1.807) is 0 Å². The predicted molar refractivity (Wildman–Crippen MR) is 134 cm³/mol. The Kier molecular flexibility index (Phi) is 8.49. The van der Waals surface area contributed by atoms with Crippen molar-refractivity contribution in [2.45, 2.75) is 33.6 Å². The fourth-order valence-electron chi connectivity index (χ4n) is 3.84. The number of hydrogen-bond acceptors (Lipinski definition) is 5. The number of hydrogen-bond donors (Lipinski definition) is 3. The van der Waals surface area contributed by atoms with Crippen LogP contribution in [0.4, 0.5) is 5.69 Å². The molecule has 6 nitrogen and oxygen atoms in total. The minimum atomic E-state index is 0.181. The molecule has 6 heteroatoms. The lowest BCUT2D eigenvalue weighted by molar-refractivity contribution is -0.116. The van der Waals surface area contributed by atoms with E-state index in [0.29, 0.717) is 0 Å². The maximum absolute atomic E-state index is 8.81. The number of carbonyl (C=O) groups is 1. The maximum Gasteiger partial charge on any atom is 0.230 e. The summed E-state index contributed by atoms with van der Waals surface area (Å²) in [5.41, 5.74) is 10.7. The van der Waals surface area contributed by atoms with E-state index < -0.39 is 0 Å². The summed E-state index contributed by atoms with van der Waals surface area (Å²) in [4.78, 5) is 18.1. The largest absolute Gasteiger partial charge is 0.385 e. The lowest BCUT2D eigenvalue weighted by Crippen LogP contribution is -1.99. The van der Waals surface area contributed by atoms with Crippen LogP contribution in [0.1, 0.15) is 31.4 Å². The summed E-state index contributed by atoms with van der Waals surface area (Å²) in [6, 6.07) is 19.4. The highest BCUT2D eigenvalue weighted by Gasteiger charge is 2.13. The van der Waals surface area contributed by atoms with E-state index in [1.807, 2.05) is 18.5 Å². The molecule has 4 aromatic rings. The van der Waals surface area contributed by atoms with Gasteiger partial charge in [0.25, 0.3) is 0 Å². The van der Waals surface area contributed by atoms with Gasteiger partial charge < -0.3 is 5.32 Å². The van der Waals surface area contributed by atoms with Crippen molar-refractivity contribution < 1.29 is 10.0 Å². The molecule has 170 valence electrons. The highest BCUT2D eigenvalue weighted by molar-refractivity contribution is 5.86. The van der Waals surface area contributed by atoms with E-state index in [4.69, 9.17) is 15.0 Å². The highest BCUT2D eigenvalue weighted by atomic mass is 16.5. The van der Waals surface area contributed by atoms with Crippen LogP contribution in [0.5, 0.6) is 0 Å².